The molecule has 0 radical (unpaired) electrons. The number of anilines is 1. The molecule has 0 spiro atoms. The number of aromatic carboxylic acids is 1. The zero-order valence-electron chi connectivity index (χ0n) is 13.8. The summed E-state index contributed by atoms with van der Waals surface area (Å²) in [6, 6.07) is 13.2. The van der Waals surface area contributed by atoms with Crippen molar-refractivity contribution in [2.24, 2.45) is 0 Å². The van der Waals surface area contributed by atoms with Crippen molar-refractivity contribution in [3.05, 3.63) is 74.7 Å². The van der Waals surface area contributed by atoms with Crippen LogP contribution in [0.5, 0.6) is 0 Å². The highest BCUT2D eigenvalue weighted by Crippen LogP contribution is 2.49. The molecule has 4 rings (SSSR count). The number of benzene rings is 2. The Hall–Kier alpha value is -2.70. The van der Waals surface area contributed by atoms with E-state index in [0.29, 0.717) is 26.7 Å². The maximum absolute atomic E-state index is 14.5. The van der Waals surface area contributed by atoms with Gasteiger partial charge in [-0.1, -0.05) is 41.9 Å². The average Bonchev–Trinajstić information content (AvgIpc) is 3.03. The Labute approximate surface area is 163 Å². The summed E-state index contributed by atoms with van der Waals surface area (Å²) in [5.41, 5.74) is 1.85. The van der Waals surface area contributed by atoms with Crippen molar-refractivity contribution in [1.82, 2.24) is 0 Å². The van der Waals surface area contributed by atoms with Gasteiger partial charge in [-0.05, 0) is 29.3 Å². The van der Waals surface area contributed by atoms with Crippen LogP contribution in [0.25, 0.3) is 11.1 Å². The summed E-state index contributed by atoms with van der Waals surface area (Å²) in [7, 11) is 0. The smallest absolute Gasteiger partial charge is 0.346 e. The molecule has 136 valence electrons. The van der Waals surface area contributed by atoms with E-state index in [1.54, 1.807) is 24.3 Å². The average molecular weight is 402 g/mol. The molecule has 1 amide bonds. The van der Waals surface area contributed by atoms with Crippen LogP contribution in [0, 0.1) is 5.82 Å². The van der Waals surface area contributed by atoms with Crippen LogP contribution in [-0.2, 0) is 4.79 Å². The number of carboxylic acid groups (broad SMARTS) is 1. The van der Waals surface area contributed by atoms with Gasteiger partial charge in [0.05, 0.1) is 5.69 Å². The lowest BCUT2D eigenvalue weighted by molar-refractivity contribution is -0.116. The fourth-order valence-electron chi connectivity index (χ4n) is 3.35. The van der Waals surface area contributed by atoms with Crippen LogP contribution in [-0.4, -0.2) is 17.0 Å². The number of halogens is 2. The molecule has 0 saturated carbocycles. The van der Waals surface area contributed by atoms with Crippen LogP contribution in [0.15, 0.2) is 48.5 Å². The van der Waals surface area contributed by atoms with Gasteiger partial charge in [0.25, 0.3) is 0 Å². The summed E-state index contributed by atoms with van der Waals surface area (Å²) < 4.78 is 14.5. The van der Waals surface area contributed by atoms with Gasteiger partial charge in [0.15, 0.2) is 0 Å². The van der Waals surface area contributed by atoms with Gasteiger partial charge in [-0.3, -0.25) is 4.79 Å². The Balaban J connectivity index is 1.97. The summed E-state index contributed by atoms with van der Waals surface area (Å²) in [5, 5.41) is 12.8. The first kappa shape index (κ1) is 17.7. The van der Waals surface area contributed by atoms with Crippen molar-refractivity contribution in [1.29, 1.82) is 0 Å². The van der Waals surface area contributed by atoms with E-state index in [9.17, 15) is 19.1 Å². The molecule has 0 aliphatic carbocycles. The largest absolute Gasteiger partial charge is 0.477 e. The molecule has 4 nitrogen and oxygen atoms in total. The van der Waals surface area contributed by atoms with Gasteiger partial charge < -0.3 is 10.4 Å². The molecule has 1 aliphatic heterocycles. The van der Waals surface area contributed by atoms with Gasteiger partial charge in [0, 0.05) is 27.8 Å². The second-order valence-corrected chi connectivity index (χ2v) is 7.68. The van der Waals surface area contributed by atoms with Crippen LogP contribution < -0.4 is 5.32 Å². The Morgan fingerprint density at radius 3 is 2.67 bits per heavy atom. The molecular weight excluding hydrogens is 389 g/mol. The molecule has 3 aromatic rings. The molecule has 2 N–H and O–H groups in total. The maximum atomic E-state index is 14.5. The summed E-state index contributed by atoms with van der Waals surface area (Å²) in [4.78, 5) is 24.9. The van der Waals surface area contributed by atoms with Gasteiger partial charge in [0.2, 0.25) is 5.91 Å². The summed E-state index contributed by atoms with van der Waals surface area (Å²) in [6.45, 7) is 0. The van der Waals surface area contributed by atoms with E-state index in [1.807, 2.05) is 6.07 Å². The van der Waals surface area contributed by atoms with Gasteiger partial charge in [-0.25, -0.2) is 9.18 Å². The summed E-state index contributed by atoms with van der Waals surface area (Å²) >= 11 is 7.08. The van der Waals surface area contributed by atoms with Crippen LogP contribution in [0.4, 0.5) is 10.1 Å². The van der Waals surface area contributed by atoms with Gasteiger partial charge in [0.1, 0.15) is 10.7 Å². The number of thiophene rings is 1. The monoisotopic (exact) mass is 401 g/mol. The Kier molecular flexibility index (Phi) is 4.45. The lowest BCUT2D eigenvalue weighted by Crippen LogP contribution is -2.23. The van der Waals surface area contributed by atoms with Crippen LogP contribution in [0.2, 0.25) is 5.02 Å². The summed E-state index contributed by atoms with van der Waals surface area (Å²) in [6.07, 6.45) is 0.0259. The number of carbonyl (C=O) groups is 2. The first-order valence-electron chi connectivity index (χ1n) is 8.16. The highest BCUT2D eigenvalue weighted by molar-refractivity contribution is 7.15. The molecule has 0 bridgehead atoms. The first-order chi connectivity index (χ1) is 13.0. The quantitative estimate of drug-likeness (QED) is 0.619. The minimum absolute atomic E-state index is 0.0259. The number of rotatable bonds is 3. The highest BCUT2D eigenvalue weighted by atomic mass is 35.5. The number of fused-ring (bicyclic) bond motifs is 1. The molecule has 0 saturated heterocycles. The first-order valence-corrected chi connectivity index (χ1v) is 9.35. The number of carbonyl (C=O) groups excluding carboxylic acids is 1. The van der Waals surface area contributed by atoms with E-state index < -0.39 is 17.7 Å². The van der Waals surface area contributed by atoms with E-state index in [-0.39, 0.29) is 22.8 Å². The van der Waals surface area contributed by atoms with Crippen molar-refractivity contribution < 1.29 is 19.1 Å². The molecule has 2 aromatic carbocycles. The predicted molar refractivity (Wildman–Crippen MR) is 103 cm³/mol. The van der Waals surface area contributed by atoms with Crippen molar-refractivity contribution in [2.45, 2.75) is 12.3 Å². The third kappa shape index (κ3) is 3.11. The minimum atomic E-state index is -1.09. The fraction of sp³-hybridized carbons (Fsp3) is 0.100. The molecule has 27 heavy (non-hydrogen) atoms. The third-order valence-corrected chi connectivity index (χ3v) is 6.02. The lowest BCUT2D eigenvalue weighted by Gasteiger charge is -2.24. The van der Waals surface area contributed by atoms with Crippen LogP contribution >= 0.6 is 22.9 Å². The number of carboxylic acids is 1. The molecule has 1 atom stereocenters. The lowest BCUT2D eigenvalue weighted by atomic mass is 9.88. The topological polar surface area (TPSA) is 66.4 Å². The summed E-state index contributed by atoms with van der Waals surface area (Å²) in [5.74, 6) is -2.45. The van der Waals surface area contributed by atoms with Crippen molar-refractivity contribution >= 4 is 40.5 Å². The predicted octanol–water partition coefficient (Wildman–Crippen LogP) is 5.38. The van der Waals surface area contributed by atoms with Crippen molar-refractivity contribution in [3.63, 3.8) is 0 Å². The highest BCUT2D eigenvalue weighted by Gasteiger charge is 2.35. The van der Waals surface area contributed by atoms with Crippen molar-refractivity contribution in [3.8, 4) is 11.1 Å². The Bertz CT molecular complexity index is 1060. The van der Waals surface area contributed by atoms with E-state index in [0.717, 1.165) is 11.3 Å². The molecule has 1 aromatic heterocycles. The molecule has 2 heterocycles. The zero-order chi connectivity index (χ0) is 19.1. The van der Waals surface area contributed by atoms with Gasteiger partial charge in [-0.2, -0.15) is 0 Å². The normalized spacial score (nSPS) is 15.9. The Morgan fingerprint density at radius 2 is 1.96 bits per heavy atom. The molecule has 7 heteroatoms. The second kappa shape index (κ2) is 6.79. The maximum Gasteiger partial charge on any atom is 0.346 e. The minimum Gasteiger partial charge on any atom is -0.477 e. The number of nitrogens with one attached hydrogen (secondary N) is 1. The molecule has 0 fully saturated rings. The van der Waals surface area contributed by atoms with E-state index in [1.165, 1.54) is 18.2 Å². The SMILES string of the molecule is O=C1CC(c2cc(Cl)ccc2F)c2sc(C(=O)O)c(-c3ccccc3)c2N1. The fourth-order valence-corrected chi connectivity index (χ4v) is 4.77. The van der Waals surface area contributed by atoms with Crippen LogP contribution in [0.1, 0.15) is 32.5 Å². The van der Waals surface area contributed by atoms with Crippen LogP contribution in [0.3, 0.4) is 0 Å². The molecule has 1 unspecified atom stereocenters. The molecular formula is C20H13ClFNO3S. The number of amides is 1. The standard InChI is InChI=1S/C20H13ClFNO3S/c21-11-6-7-14(22)12(8-11)13-9-15(24)23-17-16(10-4-2-1-3-5-10)19(20(25)26)27-18(13)17/h1-8,13H,9H2,(H,23,24)(H,25,26). The zero-order valence-corrected chi connectivity index (χ0v) is 15.4. The third-order valence-electron chi connectivity index (χ3n) is 4.50. The van der Waals surface area contributed by atoms with E-state index in [2.05, 4.69) is 5.32 Å². The van der Waals surface area contributed by atoms with E-state index in [4.69, 9.17) is 11.6 Å². The van der Waals surface area contributed by atoms with E-state index >= 15 is 0 Å². The number of hydrogen-bond donors (Lipinski definition) is 2. The molecule has 1 aliphatic rings. The number of hydrogen-bond acceptors (Lipinski definition) is 3. The van der Waals surface area contributed by atoms with Gasteiger partial charge in [-0.15, -0.1) is 11.3 Å². The Morgan fingerprint density at radius 1 is 1.22 bits per heavy atom. The van der Waals surface area contributed by atoms with Gasteiger partial charge >= 0.3 is 5.97 Å². The second-order valence-electron chi connectivity index (χ2n) is 6.19. The van der Waals surface area contributed by atoms with Crippen molar-refractivity contribution in [2.75, 3.05) is 5.32 Å².